The Labute approximate surface area is 241 Å². The fourth-order valence-corrected chi connectivity index (χ4v) is 6.45. The zero-order valence-corrected chi connectivity index (χ0v) is 24.4. The normalized spacial score (nSPS) is 22.9. The van der Waals surface area contributed by atoms with Crippen molar-refractivity contribution < 1.29 is 23.5 Å². The van der Waals surface area contributed by atoms with Gasteiger partial charge in [-0.3, -0.25) is 14.4 Å². The molecule has 2 heterocycles. The minimum absolute atomic E-state index is 0.0879. The van der Waals surface area contributed by atoms with Crippen LogP contribution in [0.5, 0.6) is 0 Å². The first-order valence-corrected chi connectivity index (χ1v) is 14.8. The molecular weight excluding hydrogens is 523 g/mol. The second-order valence-corrected chi connectivity index (χ2v) is 11.9. The lowest BCUT2D eigenvalue weighted by molar-refractivity contribution is -0.159. The maximum atomic E-state index is 16.0. The van der Waals surface area contributed by atoms with E-state index < -0.39 is 29.8 Å². The Kier molecular flexibility index (Phi) is 8.63. The number of nitrogens with zero attached hydrogens (tertiary/aromatic N) is 2. The summed E-state index contributed by atoms with van der Waals surface area (Å²) in [5, 5.41) is 5.91. The van der Waals surface area contributed by atoms with Crippen molar-refractivity contribution in [2.75, 3.05) is 31.2 Å². The molecule has 2 fully saturated rings. The first-order valence-electron chi connectivity index (χ1n) is 14.8. The summed E-state index contributed by atoms with van der Waals surface area (Å²) in [7, 11) is 0. The first kappa shape index (κ1) is 29.0. The number of fused-ring (bicyclic) bond motifs is 1. The number of halogens is 1. The summed E-state index contributed by atoms with van der Waals surface area (Å²) in [6.45, 7) is 9.88. The van der Waals surface area contributed by atoms with E-state index in [0.29, 0.717) is 51.3 Å². The van der Waals surface area contributed by atoms with Gasteiger partial charge in [-0.1, -0.05) is 50.6 Å². The smallest absolute Gasteiger partial charge is 0.247 e. The maximum absolute atomic E-state index is 16.0. The molecule has 2 aromatic rings. The molecule has 41 heavy (non-hydrogen) atoms. The topological polar surface area (TPSA) is 91.0 Å². The summed E-state index contributed by atoms with van der Waals surface area (Å²) in [6.07, 6.45) is 1.92. The van der Waals surface area contributed by atoms with Crippen LogP contribution in [-0.2, 0) is 32.0 Å². The average molecular weight is 565 g/mol. The zero-order valence-electron chi connectivity index (χ0n) is 24.4. The molecule has 2 aromatic carbocycles. The molecular formula is C32H41FN4O4. The van der Waals surface area contributed by atoms with E-state index in [9.17, 15) is 14.4 Å². The van der Waals surface area contributed by atoms with Crippen molar-refractivity contribution in [2.45, 2.75) is 71.1 Å². The van der Waals surface area contributed by atoms with Crippen molar-refractivity contribution in [1.82, 2.24) is 15.5 Å². The van der Waals surface area contributed by atoms with E-state index in [1.165, 1.54) is 11.0 Å². The minimum atomic E-state index is -1.29. The Morgan fingerprint density at radius 2 is 1.73 bits per heavy atom. The third-order valence-corrected chi connectivity index (χ3v) is 8.74. The molecule has 2 aliphatic heterocycles. The van der Waals surface area contributed by atoms with Crippen LogP contribution in [-0.4, -0.2) is 67.1 Å². The molecule has 0 spiro atoms. The van der Waals surface area contributed by atoms with Gasteiger partial charge in [0.05, 0.1) is 13.2 Å². The first-order chi connectivity index (χ1) is 19.7. The number of benzene rings is 2. The van der Waals surface area contributed by atoms with E-state index >= 15 is 4.39 Å². The fraction of sp³-hybridized carbons (Fsp3) is 0.531. The number of nitrogens with one attached hydrogen (secondary N) is 2. The Morgan fingerprint density at radius 1 is 1.07 bits per heavy atom. The van der Waals surface area contributed by atoms with E-state index in [1.807, 2.05) is 44.7 Å². The van der Waals surface area contributed by atoms with Gasteiger partial charge < -0.3 is 25.2 Å². The monoisotopic (exact) mass is 564 g/mol. The SMILES string of the molecule is CCC(C)[C@@H]1C(=O)N[C@H](C2Cc3ccccc3C2)C(=O)N1[C@@H](C(=O)NC(C)C)c1ccc(N2CCOCC2)cc1F. The van der Waals surface area contributed by atoms with E-state index in [1.54, 1.807) is 12.1 Å². The van der Waals surface area contributed by atoms with Gasteiger partial charge in [-0.2, -0.15) is 0 Å². The molecule has 0 aromatic heterocycles. The standard InChI is InChI=1S/C32H41FN4O4/c1-5-20(4)28-30(38)35-27(23-16-21-8-6-7-9-22(21)17-23)32(40)37(28)29(31(39)34-19(2)3)25-11-10-24(18-26(25)33)36-12-14-41-15-13-36/h6-11,18-20,23,27-29H,5,12-17H2,1-4H3,(H,34,39)(H,35,38)/t20?,27-,28-,29-/m1/s1. The molecule has 0 saturated carbocycles. The molecule has 4 atom stereocenters. The Bertz CT molecular complexity index is 1270. The van der Waals surface area contributed by atoms with Gasteiger partial charge in [0, 0.05) is 30.4 Å². The van der Waals surface area contributed by atoms with Crippen LogP contribution in [0.1, 0.15) is 56.8 Å². The van der Waals surface area contributed by atoms with Gasteiger partial charge in [-0.15, -0.1) is 0 Å². The zero-order chi connectivity index (χ0) is 29.3. The Hall–Kier alpha value is -3.46. The number of hydrogen-bond donors (Lipinski definition) is 2. The predicted octanol–water partition coefficient (Wildman–Crippen LogP) is 3.38. The van der Waals surface area contributed by atoms with Crippen molar-refractivity contribution >= 4 is 23.4 Å². The second kappa shape index (κ2) is 12.2. The maximum Gasteiger partial charge on any atom is 0.247 e. The van der Waals surface area contributed by atoms with Crippen LogP contribution in [0.15, 0.2) is 42.5 Å². The number of piperazine rings is 1. The van der Waals surface area contributed by atoms with Gasteiger partial charge in [-0.25, -0.2) is 4.39 Å². The molecule has 3 amide bonds. The lowest BCUT2D eigenvalue weighted by atomic mass is 9.85. The summed E-state index contributed by atoms with van der Waals surface area (Å²) in [4.78, 5) is 45.5. The molecule has 9 heteroatoms. The van der Waals surface area contributed by atoms with Crippen LogP contribution in [0.3, 0.4) is 0 Å². The summed E-state index contributed by atoms with van der Waals surface area (Å²) >= 11 is 0. The van der Waals surface area contributed by atoms with Gasteiger partial charge >= 0.3 is 0 Å². The highest BCUT2D eigenvalue weighted by atomic mass is 19.1. The number of carbonyl (C=O) groups is 3. The second-order valence-electron chi connectivity index (χ2n) is 11.9. The number of amides is 3. The van der Waals surface area contributed by atoms with Gasteiger partial charge in [0.25, 0.3) is 0 Å². The summed E-state index contributed by atoms with van der Waals surface area (Å²) in [5.41, 5.74) is 3.10. The van der Waals surface area contributed by atoms with E-state index in [2.05, 4.69) is 22.8 Å². The molecule has 1 aliphatic carbocycles. The summed E-state index contributed by atoms with van der Waals surface area (Å²) < 4.78 is 21.5. The molecule has 8 nitrogen and oxygen atoms in total. The number of hydrogen-bond acceptors (Lipinski definition) is 5. The molecule has 220 valence electrons. The van der Waals surface area contributed by atoms with Crippen LogP contribution in [0.4, 0.5) is 10.1 Å². The van der Waals surface area contributed by atoms with E-state index in [0.717, 1.165) is 11.1 Å². The van der Waals surface area contributed by atoms with Crippen molar-refractivity contribution in [3.8, 4) is 0 Å². The third-order valence-electron chi connectivity index (χ3n) is 8.74. The number of rotatable bonds is 8. The molecule has 2 N–H and O–H groups in total. The van der Waals surface area contributed by atoms with E-state index in [4.69, 9.17) is 4.74 Å². The van der Waals surface area contributed by atoms with E-state index in [-0.39, 0.29) is 35.3 Å². The van der Waals surface area contributed by atoms with Crippen molar-refractivity contribution in [1.29, 1.82) is 0 Å². The van der Waals surface area contributed by atoms with Gasteiger partial charge in [0.2, 0.25) is 17.7 Å². The third kappa shape index (κ3) is 5.82. The Morgan fingerprint density at radius 3 is 2.32 bits per heavy atom. The lowest BCUT2D eigenvalue weighted by Crippen LogP contribution is -2.68. The van der Waals surface area contributed by atoms with Crippen LogP contribution in [0.25, 0.3) is 0 Å². The molecule has 5 rings (SSSR count). The minimum Gasteiger partial charge on any atom is -0.378 e. The predicted molar refractivity (Wildman–Crippen MR) is 155 cm³/mol. The van der Waals surface area contributed by atoms with Crippen molar-refractivity contribution in [3.63, 3.8) is 0 Å². The van der Waals surface area contributed by atoms with Crippen LogP contribution in [0, 0.1) is 17.7 Å². The van der Waals surface area contributed by atoms with Crippen LogP contribution < -0.4 is 15.5 Å². The highest BCUT2D eigenvalue weighted by Gasteiger charge is 2.51. The van der Waals surface area contributed by atoms with Crippen LogP contribution >= 0.6 is 0 Å². The van der Waals surface area contributed by atoms with Crippen molar-refractivity contribution in [2.24, 2.45) is 11.8 Å². The number of anilines is 1. The Balaban J connectivity index is 1.55. The highest BCUT2D eigenvalue weighted by molar-refractivity contribution is 6.00. The quantitative estimate of drug-likeness (QED) is 0.513. The van der Waals surface area contributed by atoms with Gasteiger partial charge in [0.1, 0.15) is 23.9 Å². The number of ether oxygens (including phenoxy) is 1. The fourth-order valence-electron chi connectivity index (χ4n) is 6.45. The lowest BCUT2D eigenvalue weighted by Gasteiger charge is -2.46. The van der Waals surface area contributed by atoms with Crippen LogP contribution in [0.2, 0.25) is 0 Å². The van der Waals surface area contributed by atoms with Crippen molar-refractivity contribution in [3.05, 3.63) is 65.0 Å². The summed E-state index contributed by atoms with van der Waals surface area (Å²) in [5.74, 6) is -2.11. The average Bonchev–Trinajstić information content (AvgIpc) is 3.39. The molecule has 2 saturated heterocycles. The van der Waals surface area contributed by atoms with Gasteiger partial charge in [-0.05, 0) is 61.8 Å². The molecule has 1 unspecified atom stereocenters. The highest BCUT2D eigenvalue weighted by Crippen LogP contribution is 2.37. The molecule has 3 aliphatic rings. The molecule has 0 bridgehead atoms. The number of carbonyl (C=O) groups excluding carboxylic acids is 3. The molecule has 0 radical (unpaired) electrons. The number of morpholine rings is 1. The summed E-state index contributed by atoms with van der Waals surface area (Å²) in [6, 6.07) is 9.62. The largest absolute Gasteiger partial charge is 0.378 e. The van der Waals surface area contributed by atoms with Gasteiger partial charge in [0.15, 0.2) is 0 Å².